The van der Waals surface area contributed by atoms with E-state index in [-0.39, 0.29) is 27.5 Å². The van der Waals surface area contributed by atoms with Crippen LogP contribution in [-0.2, 0) is 12.1 Å². The molecule has 1 heterocycles. The van der Waals surface area contributed by atoms with Crippen molar-refractivity contribution in [3.63, 3.8) is 0 Å². The van der Waals surface area contributed by atoms with Gasteiger partial charge in [-0.25, -0.2) is 0 Å². The van der Waals surface area contributed by atoms with Crippen LogP contribution >= 0.6 is 0 Å². The molecule has 1 unspecified atom stereocenters. The Morgan fingerprint density at radius 3 is 2.39 bits per heavy atom. The second-order valence-corrected chi connectivity index (χ2v) is 18.2. The molecule has 5 heteroatoms. The van der Waals surface area contributed by atoms with Gasteiger partial charge in [0.25, 0.3) is 0 Å². The van der Waals surface area contributed by atoms with Crippen LogP contribution in [0, 0.1) is 17.3 Å². The van der Waals surface area contributed by atoms with Crippen LogP contribution < -0.4 is 0 Å². The molecule has 3 aliphatic carbocycles. The van der Waals surface area contributed by atoms with E-state index in [4.69, 9.17) is 8.25 Å². The fraction of sp³-hybridized carbons (Fsp3) is 0.652. The molecule has 3 fully saturated rings. The molecular weight excluding hydrogens is 431 g/mol. The minimum absolute atomic E-state index is 0.0223. The van der Waals surface area contributed by atoms with Crippen LogP contribution in [0.3, 0.4) is 0 Å². The van der Waals surface area contributed by atoms with Crippen molar-refractivity contribution in [3.8, 4) is 0 Å². The van der Waals surface area contributed by atoms with Crippen molar-refractivity contribution in [2.45, 2.75) is 76.2 Å². The molecule has 0 aromatic heterocycles. The predicted octanol–water partition coefficient (Wildman–Crippen LogP) is 6.04. The molecule has 4 aliphatic rings. The normalized spacial score (nSPS) is 36.9. The van der Waals surface area contributed by atoms with Crippen molar-refractivity contribution in [2.24, 2.45) is 17.3 Å². The Kier molecular flexibility index (Phi) is 4.96. The van der Waals surface area contributed by atoms with Gasteiger partial charge in [-0.05, 0) is 0 Å². The zero-order chi connectivity index (χ0) is 20.5. The van der Waals surface area contributed by atoms with E-state index in [2.05, 4.69) is 65.9 Å². The Morgan fingerprint density at radius 1 is 1.18 bits per heavy atom. The van der Waals surface area contributed by atoms with Gasteiger partial charge >= 0.3 is 176 Å². The Bertz CT molecular complexity index is 809. The maximum absolute atomic E-state index is 13.4. The molecule has 1 aromatic rings. The van der Waals surface area contributed by atoms with E-state index in [0.29, 0.717) is 11.8 Å². The van der Waals surface area contributed by atoms with Crippen molar-refractivity contribution in [1.29, 1.82) is 0 Å². The van der Waals surface area contributed by atoms with Crippen LogP contribution in [-0.4, -0.2) is 28.6 Å². The predicted molar refractivity (Wildman–Crippen MR) is 116 cm³/mol. The molecule has 0 N–H and O–H groups in total. The van der Waals surface area contributed by atoms with E-state index in [9.17, 15) is 3.83 Å². The van der Waals surface area contributed by atoms with Crippen molar-refractivity contribution in [1.82, 2.24) is 0 Å². The molecule has 28 heavy (non-hydrogen) atoms. The van der Waals surface area contributed by atoms with Gasteiger partial charge in [0.15, 0.2) is 0 Å². The first kappa shape index (κ1) is 20.7. The van der Waals surface area contributed by atoms with E-state index < -0.39 is 22.5 Å². The summed E-state index contributed by atoms with van der Waals surface area (Å²) >= 11 is -2.49. The summed E-state index contributed by atoms with van der Waals surface area (Å²) < 4.78 is 26.5. The molecule has 0 radical (unpaired) electrons. The fourth-order valence-electron chi connectivity index (χ4n) is 4.93. The molecule has 2 bridgehead atoms. The van der Waals surface area contributed by atoms with Crippen LogP contribution in [0.1, 0.15) is 52.7 Å². The summed E-state index contributed by atoms with van der Waals surface area (Å²) in [4.78, 5) is -0.0223. The van der Waals surface area contributed by atoms with Crippen molar-refractivity contribution in [3.05, 3.63) is 47.5 Å². The van der Waals surface area contributed by atoms with Crippen LogP contribution in [0.2, 0.25) is 22.9 Å². The minimum atomic E-state index is -2.49. The standard InChI is InChI=1S/C23H34O3SeSi/c1-22(2,3)28(6,7)26-20-18-14-17(23(18,4)5)16-13-19(25-27(24)21(16)20)15-11-9-8-10-12-15/h8-13,17-21H,14H2,1-7H3/t17-,18+,19+,20+,21+,27?/m0/s1. The van der Waals surface area contributed by atoms with Gasteiger partial charge in [-0.15, -0.1) is 0 Å². The van der Waals surface area contributed by atoms with Crippen LogP contribution in [0.4, 0.5) is 0 Å². The zero-order valence-corrected chi connectivity index (χ0v) is 20.9. The van der Waals surface area contributed by atoms with Crippen LogP contribution in [0.25, 0.3) is 0 Å². The monoisotopic (exact) mass is 466 g/mol. The van der Waals surface area contributed by atoms with Gasteiger partial charge in [-0.3, -0.25) is 0 Å². The molecule has 1 aliphatic heterocycles. The molecule has 6 atom stereocenters. The summed E-state index contributed by atoms with van der Waals surface area (Å²) in [6.07, 6.45) is 3.29. The maximum atomic E-state index is 13.4. The molecular formula is C23H34O3SeSi. The number of benzene rings is 1. The van der Waals surface area contributed by atoms with Gasteiger partial charge < -0.3 is 0 Å². The Morgan fingerprint density at radius 2 is 1.82 bits per heavy atom. The number of hydrogen-bond acceptors (Lipinski definition) is 3. The first-order valence-electron chi connectivity index (χ1n) is 10.5. The van der Waals surface area contributed by atoms with Crippen LogP contribution in [0.15, 0.2) is 42.0 Å². The third-order valence-electron chi connectivity index (χ3n) is 7.88. The molecule has 0 amide bonds. The average Bonchev–Trinajstić information content (AvgIpc) is 2.60. The summed E-state index contributed by atoms with van der Waals surface area (Å²) in [6.45, 7) is 16.2. The Labute approximate surface area is 175 Å². The molecule has 1 aromatic carbocycles. The first-order chi connectivity index (χ1) is 12.9. The second-order valence-electron chi connectivity index (χ2n) is 10.8. The average molecular weight is 466 g/mol. The number of hydrogen-bond donors (Lipinski definition) is 0. The van der Waals surface area contributed by atoms with Gasteiger partial charge in [0.2, 0.25) is 0 Å². The SMILES string of the molecule is CC1(C)[C@@H]2C[C@H]1C1=C[C@H](c3ccccc3)O[Se](=O)[C@H]1[C@@H]2O[Si](C)(C)C(C)(C)C. The Hall–Kier alpha value is -0.584. The molecule has 0 saturated heterocycles. The van der Waals surface area contributed by atoms with Crippen LogP contribution in [0.5, 0.6) is 0 Å². The quantitative estimate of drug-likeness (QED) is 0.403. The van der Waals surface area contributed by atoms with Gasteiger partial charge in [0, 0.05) is 0 Å². The summed E-state index contributed by atoms with van der Waals surface area (Å²) in [5, 5.41) is 0.141. The molecule has 3 saturated carbocycles. The van der Waals surface area contributed by atoms with Gasteiger partial charge in [-0.2, -0.15) is 0 Å². The molecule has 154 valence electrons. The summed E-state index contributed by atoms with van der Waals surface area (Å²) in [6, 6.07) is 10.2. The molecule has 3 nitrogen and oxygen atoms in total. The van der Waals surface area contributed by atoms with E-state index in [1.807, 2.05) is 18.2 Å². The molecule has 5 rings (SSSR count). The van der Waals surface area contributed by atoms with E-state index in [1.165, 1.54) is 5.57 Å². The van der Waals surface area contributed by atoms with Gasteiger partial charge in [-0.1, -0.05) is 0 Å². The van der Waals surface area contributed by atoms with E-state index in [1.54, 1.807) is 0 Å². The van der Waals surface area contributed by atoms with E-state index in [0.717, 1.165) is 12.0 Å². The third kappa shape index (κ3) is 3.14. The second kappa shape index (κ2) is 6.71. The summed E-state index contributed by atoms with van der Waals surface area (Å²) in [5.41, 5.74) is 2.66. The summed E-state index contributed by atoms with van der Waals surface area (Å²) in [7, 11) is -1.96. The van der Waals surface area contributed by atoms with Crippen molar-refractivity contribution in [2.75, 3.05) is 0 Å². The van der Waals surface area contributed by atoms with E-state index >= 15 is 0 Å². The van der Waals surface area contributed by atoms with Crippen molar-refractivity contribution < 1.29 is 12.1 Å². The Balaban J connectivity index is 1.72. The third-order valence-corrected chi connectivity index (χ3v) is 15.2. The topological polar surface area (TPSA) is 35.5 Å². The fourth-order valence-corrected chi connectivity index (χ4v) is 9.47. The van der Waals surface area contributed by atoms with Gasteiger partial charge in [0.1, 0.15) is 0 Å². The first-order valence-corrected chi connectivity index (χ1v) is 15.7. The number of rotatable bonds is 3. The van der Waals surface area contributed by atoms with Gasteiger partial charge in [0.05, 0.1) is 0 Å². The summed E-state index contributed by atoms with van der Waals surface area (Å²) in [5.74, 6) is 0.989. The molecule has 0 spiro atoms. The zero-order valence-electron chi connectivity index (χ0n) is 18.2. The van der Waals surface area contributed by atoms with Crippen molar-refractivity contribution >= 4 is 22.5 Å².